The van der Waals surface area contributed by atoms with Gasteiger partial charge in [0.1, 0.15) is 0 Å². The van der Waals surface area contributed by atoms with E-state index >= 15 is 0 Å². The number of nitrogens with two attached hydrogens (primary N) is 1. The lowest BCUT2D eigenvalue weighted by Gasteiger charge is -2.07. The molecule has 1 amide bonds. The minimum absolute atomic E-state index is 0.0746. The Morgan fingerprint density at radius 3 is 2.86 bits per heavy atom. The summed E-state index contributed by atoms with van der Waals surface area (Å²) in [4.78, 5) is 23.4. The SMILES string of the molecule is Nc1cccc(NC(=O)CCCn2cc(Br)ccc2=O)c1. The maximum absolute atomic E-state index is 11.8. The summed E-state index contributed by atoms with van der Waals surface area (Å²) in [6, 6.07) is 10.2. The van der Waals surface area contributed by atoms with E-state index in [1.165, 1.54) is 6.07 Å². The molecule has 5 nitrogen and oxygen atoms in total. The van der Waals surface area contributed by atoms with Crippen LogP contribution in [0.3, 0.4) is 0 Å². The van der Waals surface area contributed by atoms with Gasteiger partial charge < -0.3 is 15.6 Å². The zero-order valence-electron chi connectivity index (χ0n) is 11.4. The second kappa shape index (κ2) is 7.08. The predicted octanol–water partition coefficient (Wildman–Crippen LogP) is 2.61. The highest BCUT2D eigenvalue weighted by atomic mass is 79.9. The average Bonchev–Trinajstić information content (AvgIpc) is 2.42. The van der Waals surface area contributed by atoms with E-state index in [1.54, 1.807) is 41.1 Å². The van der Waals surface area contributed by atoms with Gasteiger partial charge in [-0.05, 0) is 46.6 Å². The molecular formula is C15H16BrN3O2. The number of pyridine rings is 1. The van der Waals surface area contributed by atoms with Gasteiger partial charge in [-0.25, -0.2) is 0 Å². The van der Waals surface area contributed by atoms with Gasteiger partial charge in [-0.2, -0.15) is 0 Å². The number of hydrogen-bond acceptors (Lipinski definition) is 3. The number of amides is 1. The molecule has 0 bridgehead atoms. The summed E-state index contributed by atoms with van der Waals surface area (Å²) >= 11 is 3.32. The summed E-state index contributed by atoms with van der Waals surface area (Å²) in [5, 5.41) is 2.78. The van der Waals surface area contributed by atoms with E-state index in [-0.39, 0.29) is 11.5 Å². The molecular weight excluding hydrogens is 334 g/mol. The second-order valence-corrected chi connectivity index (χ2v) is 5.57. The molecule has 2 rings (SSSR count). The van der Waals surface area contributed by atoms with Crippen LogP contribution in [0.2, 0.25) is 0 Å². The van der Waals surface area contributed by atoms with E-state index in [2.05, 4.69) is 21.2 Å². The molecule has 1 aromatic heterocycles. The number of carbonyl (C=O) groups is 1. The first-order valence-corrected chi connectivity index (χ1v) is 7.35. The Morgan fingerprint density at radius 1 is 1.29 bits per heavy atom. The van der Waals surface area contributed by atoms with Crippen molar-refractivity contribution in [3.63, 3.8) is 0 Å². The van der Waals surface area contributed by atoms with Gasteiger partial charge in [0.05, 0.1) is 0 Å². The first kappa shape index (κ1) is 15.3. The van der Waals surface area contributed by atoms with Crippen molar-refractivity contribution in [3.05, 3.63) is 57.4 Å². The van der Waals surface area contributed by atoms with Gasteiger partial charge in [-0.15, -0.1) is 0 Å². The quantitative estimate of drug-likeness (QED) is 0.814. The number of nitrogens with zero attached hydrogens (tertiary/aromatic N) is 1. The summed E-state index contributed by atoms with van der Waals surface area (Å²) in [5.74, 6) is -0.0938. The zero-order chi connectivity index (χ0) is 15.2. The Hall–Kier alpha value is -2.08. The number of aryl methyl sites for hydroxylation is 1. The zero-order valence-corrected chi connectivity index (χ0v) is 13.0. The summed E-state index contributed by atoms with van der Waals surface area (Å²) < 4.78 is 2.42. The monoisotopic (exact) mass is 349 g/mol. The Balaban J connectivity index is 1.84. The van der Waals surface area contributed by atoms with Gasteiger partial charge in [-0.3, -0.25) is 9.59 Å². The van der Waals surface area contributed by atoms with Crippen LogP contribution in [0.5, 0.6) is 0 Å². The van der Waals surface area contributed by atoms with E-state index in [9.17, 15) is 9.59 Å². The molecule has 0 spiro atoms. The molecule has 0 aliphatic heterocycles. The van der Waals surface area contributed by atoms with Crippen molar-refractivity contribution in [2.75, 3.05) is 11.1 Å². The van der Waals surface area contributed by atoms with Crippen molar-refractivity contribution in [2.45, 2.75) is 19.4 Å². The molecule has 110 valence electrons. The molecule has 3 N–H and O–H groups in total. The molecule has 0 aliphatic carbocycles. The van der Waals surface area contributed by atoms with Crippen LogP contribution in [0, 0.1) is 0 Å². The van der Waals surface area contributed by atoms with Crippen LogP contribution < -0.4 is 16.6 Å². The summed E-state index contributed by atoms with van der Waals surface area (Å²) in [6.07, 6.45) is 2.65. The third-order valence-corrected chi connectivity index (χ3v) is 3.39. The Bertz CT molecular complexity index is 697. The molecule has 0 atom stereocenters. The predicted molar refractivity (Wildman–Crippen MR) is 87.1 cm³/mol. The fourth-order valence-electron chi connectivity index (χ4n) is 1.93. The Morgan fingerprint density at radius 2 is 2.10 bits per heavy atom. The number of benzene rings is 1. The Labute approximate surface area is 130 Å². The minimum atomic E-state index is -0.0938. The Kier molecular flexibility index (Phi) is 5.16. The largest absolute Gasteiger partial charge is 0.399 e. The highest BCUT2D eigenvalue weighted by molar-refractivity contribution is 9.10. The van der Waals surface area contributed by atoms with Gasteiger partial charge >= 0.3 is 0 Å². The number of anilines is 2. The first-order valence-electron chi connectivity index (χ1n) is 6.56. The molecule has 0 aliphatic rings. The molecule has 0 saturated heterocycles. The molecule has 0 saturated carbocycles. The van der Waals surface area contributed by atoms with Gasteiger partial charge in [-0.1, -0.05) is 6.07 Å². The van der Waals surface area contributed by atoms with Crippen molar-refractivity contribution in [3.8, 4) is 0 Å². The number of halogens is 1. The molecule has 0 fully saturated rings. The summed E-state index contributed by atoms with van der Waals surface area (Å²) in [7, 11) is 0. The van der Waals surface area contributed by atoms with E-state index < -0.39 is 0 Å². The van der Waals surface area contributed by atoms with Crippen molar-refractivity contribution in [1.29, 1.82) is 0 Å². The van der Waals surface area contributed by atoms with Crippen molar-refractivity contribution in [1.82, 2.24) is 4.57 Å². The highest BCUT2D eigenvalue weighted by Gasteiger charge is 2.04. The lowest BCUT2D eigenvalue weighted by atomic mass is 10.2. The van der Waals surface area contributed by atoms with Crippen molar-refractivity contribution >= 4 is 33.2 Å². The lowest BCUT2D eigenvalue weighted by molar-refractivity contribution is -0.116. The number of hydrogen-bond donors (Lipinski definition) is 2. The molecule has 1 aromatic carbocycles. The number of carbonyl (C=O) groups excluding carboxylic acids is 1. The van der Waals surface area contributed by atoms with E-state index in [0.717, 1.165) is 4.47 Å². The molecule has 6 heteroatoms. The van der Waals surface area contributed by atoms with E-state index in [4.69, 9.17) is 5.73 Å². The third-order valence-electron chi connectivity index (χ3n) is 2.92. The van der Waals surface area contributed by atoms with Crippen LogP contribution in [0.25, 0.3) is 0 Å². The summed E-state index contributed by atoms with van der Waals surface area (Å²) in [5.41, 5.74) is 6.86. The standard InChI is InChI=1S/C15H16BrN3O2/c16-11-6-7-15(21)19(10-11)8-2-5-14(20)18-13-4-1-3-12(17)9-13/h1,3-4,6-7,9-10H,2,5,8,17H2,(H,18,20). The fourth-order valence-corrected chi connectivity index (χ4v) is 2.31. The summed E-state index contributed by atoms with van der Waals surface area (Å²) in [6.45, 7) is 0.503. The van der Waals surface area contributed by atoms with Crippen LogP contribution in [-0.4, -0.2) is 10.5 Å². The second-order valence-electron chi connectivity index (χ2n) is 4.66. The topological polar surface area (TPSA) is 77.1 Å². The smallest absolute Gasteiger partial charge is 0.250 e. The number of aromatic nitrogens is 1. The first-order chi connectivity index (χ1) is 10.0. The van der Waals surface area contributed by atoms with E-state index in [0.29, 0.717) is 30.8 Å². The van der Waals surface area contributed by atoms with Crippen LogP contribution in [0.1, 0.15) is 12.8 Å². The van der Waals surface area contributed by atoms with Crippen LogP contribution >= 0.6 is 15.9 Å². The van der Waals surface area contributed by atoms with Crippen LogP contribution in [0.15, 0.2) is 51.9 Å². The number of nitrogen functional groups attached to an aromatic ring is 1. The fraction of sp³-hybridized carbons (Fsp3) is 0.200. The molecule has 21 heavy (non-hydrogen) atoms. The van der Waals surface area contributed by atoms with Gasteiger partial charge in [0.15, 0.2) is 0 Å². The maximum Gasteiger partial charge on any atom is 0.250 e. The van der Waals surface area contributed by atoms with Crippen molar-refractivity contribution in [2.24, 2.45) is 0 Å². The van der Waals surface area contributed by atoms with E-state index in [1.807, 2.05) is 0 Å². The average molecular weight is 350 g/mol. The maximum atomic E-state index is 11.8. The third kappa shape index (κ3) is 4.75. The molecule has 0 unspecified atom stereocenters. The van der Waals surface area contributed by atoms with Gasteiger partial charge in [0.2, 0.25) is 5.91 Å². The lowest BCUT2D eigenvalue weighted by Crippen LogP contribution is -2.19. The molecule has 2 aromatic rings. The van der Waals surface area contributed by atoms with Crippen LogP contribution in [-0.2, 0) is 11.3 Å². The minimum Gasteiger partial charge on any atom is -0.399 e. The van der Waals surface area contributed by atoms with Gasteiger partial charge in [0, 0.05) is 41.1 Å². The van der Waals surface area contributed by atoms with Gasteiger partial charge in [0.25, 0.3) is 5.56 Å². The highest BCUT2D eigenvalue weighted by Crippen LogP contribution is 2.12. The normalized spacial score (nSPS) is 10.3. The number of rotatable bonds is 5. The number of nitrogens with one attached hydrogen (secondary N) is 1. The van der Waals surface area contributed by atoms with Crippen molar-refractivity contribution < 1.29 is 4.79 Å². The molecule has 0 radical (unpaired) electrons. The van der Waals surface area contributed by atoms with Crippen LogP contribution in [0.4, 0.5) is 11.4 Å². The molecule has 1 heterocycles.